The van der Waals surface area contributed by atoms with Gasteiger partial charge in [-0.2, -0.15) is 23.7 Å². The molecule has 2 aromatic rings. The number of alkyl halides is 3. The Morgan fingerprint density at radius 2 is 1.97 bits per heavy atom. The molecule has 0 saturated heterocycles. The maximum Gasteiger partial charge on any atom is 0.389 e. The van der Waals surface area contributed by atoms with Crippen LogP contribution >= 0.6 is 0 Å². The summed E-state index contributed by atoms with van der Waals surface area (Å²) in [4.78, 5) is 29.2. The zero-order chi connectivity index (χ0) is 23.5. The van der Waals surface area contributed by atoms with Crippen LogP contribution in [-0.2, 0) is 17.8 Å². The number of carbonyl (C=O) groups excluding carboxylic acids is 1. The number of halogens is 4. The Hall–Kier alpha value is -3.73. The van der Waals surface area contributed by atoms with Crippen molar-refractivity contribution in [3.8, 4) is 23.4 Å². The summed E-state index contributed by atoms with van der Waals surface area (Å²) in [6.07, 6.45) is -5.27. The van der Waals surface area contributed by atoms with Gasteiger partial charge in [0.15, 0.2) is 0 Å². The van der Waals surface area contributed by atoms with Gasteiger partial charge in [-0.25, -0.2) is 9.37 Å². The number of nitrogens with zero attached hydrogens (tertiary/aromatic N) is 4. The molecule has 0 bridgehead atoms. The van der Waals surface area contributed by atoms with Crippen molar-refractivity contribution in [2.75, 3.05) is 0 Å². The molecule has 1 aromatic carbocycles. The average molecular weight is 447 g/mol. The number of amides is 1. The van der Waals surface area contributed by atoms with Crippen LogP contribution in [0.5, 0.6) is 0 Å². The number of hydrogen-bond donors (Lipinski definition) is 1. The number of nitriles is 2. The monoisotopic (exact) mass is 447 g/mol. The summed E-state index contributed by atoms with van der Waals surface area (Å²) in [5, 5.41) is 20.5. The van der Waals surface area contributed by atoms with Crippen molar-refractivity contribution in [2.45, 2.75) is 50.4 Å². The van der Waals surface area contributed by atoms with Crippen LogP contribution in [0.25, 0.3) is 11.3 Å². The molecule has 0 unspecified atom stereocenters. The smallest absolute Gasteiger partial charge is 0.336 e. The molecule has 0 atom stereocenters. The van der Waals surface area contributed by atoms with Crippen molar-refractivity contribution >= 4 is 5.91 Å². The maximum absolute atomic E-state index is 14.4. The van der Waals surface area contributed by atoms with E-state index in [1.807, 2.05) is 6.07 Å². The normalized spacial score (nSPS) is 14.3. The first-order valence-corrected chi connectivity index (χ1v) is 9.66. The van der Waals surface area contributed by atoms with Crippen molar-refractivity contribution in [1.29, 1.82) is 10.5 Å². The van der Waals surface area contributed by atoms with Crippen LogP contribution in [0, 0.1) is 28.5 Å². The first kappa shape index (κ1) is 22.9. The molecule has 1 saturated carbocycles. The van der Waals surface area contributed by atoms with Crippen LogP contribution in [0.15, 0.2) is 29.1 Å². The van der Waals surface area contributed by atoms with E-state index < -0.39 is 42.0 Å². The van der Waals surface area contributed by atoms with Gasteiger partial charge in [-0.3, -0.25) is 14.2 Å². The van der Waals surface area contributed by atoms with Gasteiger partial charge in [0.1, 0.15) is 23.7 Å². The molecular formula is C21H17F4N5O2. The summed E-state index contributed by atoms with van der Waals surface area (Å²) < 4.78 is 53.1. The van der Waals surface area contributed by atoms with E-state index in [1.54, 1.807) is 6.07 Å². The predicted molar refractivity (Wildman–Crippen MR) is 103 cm³/mol. The van der Waals surface area contributed by atoms with Crippen LogP contribution in [0.2, 0.25) is 0 Å². The van der Waals surface area contributed by atoms with E-state index in [1.165, 1.54) is 12.1 Å². The largest absolute Gasteiger partial charge is 0.389 e. The van der Waals surface area contributed by atoms with Gasteiger partial charge in [-0.1, -0.05) is 0 Å². The van der Waals surface area contributed by atoms with Gasteiger partial charge in [0, 0.05) is 24.5 Å². The number of aryl methyl sites for hydroxylation is 1. The highest BCUT2D eigenvalue weighted by molar-refractivity contribution is 5.78. The highest BCUT2D eigenvalue weighted by atomic mass is 19.4. The Kier molecular flexibility index (Phi) is 6.30. The predicted octanol–water partition coefficient (Wildman–Crippen LogP) is 2.98. The zero-order valence-electron chi connectivity index (χ0n) is 16.7. The van der Waals surface area contributed by atoms with E-state index in [4.69, 9.17) is 10.5 Å². The Morgan fingerprint density at radius 3 is 2.53 bits per heavy atom. The average Bonchev–Trinajstić information content (AvgIpc) is 3.49. The maximum atomic E-state index is 14.4. The Morgan fingerprint density at radius 1 is 1.25 bits per heavy atom. The van der Waals surface area contributed by atoms with Crippen LogP contribution in [-0.4, -0.2) is 27.2 Å². The van der Waals surface area contributed by atoms with Crippen molar-refractivity contribution in [3.05, 3.63) is 51.8 Å². The van der Waals surface area contributed by atoms with E-state index in [9.17, 15) is 27.2 Å². The van der Waals surface area contributed by atoms with Crippen molar-refractivity contribution in [3.63, 3.8) is 0 Å². The van der Waals surface area contributed by atoms with E-state index >= 15 is 0 Å². The molecule has 1 amide bonds. The summed E-state index contributed by atoms with van der Waals surface area (Å²) >= 11 is 0. The van der Waals surface area contributed by atoms with Gasteiger partial charge < -0.3 is 5.32 Å². The molecule has 1 fully saturated rings. The highest BCUT2D eigenvalue weighted by Crippen LogP contribution is 2.34. The second-order valence-electron chi connectivity index (χ2n) is 7.50. The van der Waals surface area contributed by atoms with E-state index in [0.29, 0.717) is 12.8 Å². The molecule has 1 N–H and O–H groups in total. The number of nitrogens with one attached hydrogen (secondary N) is 1. The van der Waals surface area contributed by atoms with Gasteiger partial charge in [-0.15, -0.1) is 0 Å². The van der Waals surface area contributed by atoms with Gasteiger partial charge in [0.25, 0.3) is 5.56 Å². The minimum Gasteiger partial charge on any atom is -0.336 e. The number of rotatable bonds is 7. The summed E-state index contributed by atoms with van der Waals surface area (Å²) in [6.45, 7) is -0.535. The third-order valence-corrected chi connectivity index (χ3v) is 4.97. The molecule has 166 valence electrons. The number of aromatic nitrogens is 2. The molecule has 1 aromatic heterocycles. The quantitative estimate of drug-likeness (QED) is 0.656. The van der Waals surface area contributed by atoms with Crippen LogP contribution in [0.4, 0.5) is 17.6 Å². The molecule has 11 heteroatoms. The molecule has 1 heterocycles. The van der Waals surface area contributed by atoms with Gasteiger partial charge >= 0.3 is 6.18 Å². The lowest BCUT2D eigenvalue weighted by Crippen LogP contribution is -2.40. The summed E-state index contributed by atoms with van der Waals surface area (Å²) in [5.41, 5.74) is -1.90. The third kappa shape index (κ3) is 5.49. The SMILES string of the molecule is N#Cc1ccc(-c2cc(=O)n(CC(=O)NC3(C#N)CC3)c(CCCC(F)(F)F)n2)c(F)c1. The number of hydrogen-bond acceptors (Lipinski definition) is 5. The second kappa shape index (κ2) is 8.79. The van der Waals surface area contributed by atoms with E-state index in [0.717, 1.165) is 16.7 Å². The lowest BCUT2D eigenvalue weighted by atomic mass is 10.1. The molecular weight excluding hydrogens is 430 g/mol. The first-order chi connectivity index (χ1) is 15.1. The van der Waals surface area contributed by atoms with Crippen LogP contribution in [0.1, 0.15) is 37.1 Å². The topological polar surface area (TPSA) is 112 Å². The fourth-order valence-electron chi connectivity index (χ4n) is 3.13. The lowest BCUT2D eigenvalue weighted by Gasteiger charge is -2.16. The molecule has 0 aliphatic heterocycles. The van der Waals surface area contributed by atoms with Crippen molar-refractivity contribution in [1.82, 2.24) is 14.9 Å². The summed E-state index contributed by atoms with van der Waals surface area (Å²) in [6, 6.07) is 8.23. The second-order valence-corrected chi connectivity index (χ2v) is 7.50. The van der Waals surface area contributed by atoms with Crippen molar-refractivity contribution < 1.29 is 22.4 Å². The van der Waals surface area contributed by atoms with Crippen LogP contribution < -0.4 is 10.9 Å². The summed E-state index contributed by atoms with van der Waals surface area (Å²) in [7, 11) is 0. The molecule has 7 nitrogen and oxygen atoms in total. The fourth-order valence-corrected chi connectivity index (χ4v) is 3.13. The van der Waals surface area contributed by atoms with E-state index in [-0.39, 0.29) is 35.5 Å². The molecule has 32 heavy (non-hydrogen) atoms. The standard InChI is InChI=1S/C21H17F4N5O2/c22-15-8-13(10-26)3-4-14(15)16-9-19(32)30(11-18(31)29-20(12-27)6-7-20)17(28-16)2-1-5-21(23,24)25/h3-4,8-9H,1-2,5-7,11H2,(H,29,31). The van der Waals surface area contributed by atoms with Gasteiger partial charge in [-0.05, 0) is 37.5 Å². The van der Waals surface area contributed by atoms with E-state index in [2.05, 4.69) is 10.3 Å². The highest BCUT2D eigenvalue weighted by Gasteiger charge is 2.44. The minimum absolute atomic E-state index is 0.0492. The van der Waals surface area contributed by atoms with Crippen molar-refractivity contribution in [2.24, 2.45) is 0 Å². The Labute approximate surface area is 179 Å². The van der Waals surface area contributed by atoms with Crippen LogP contribution in [0.3, 0.4) is 0 Å². The Bertz CT molecular complexity index is 1190. The molecule has 3 rings (SSSR count). The molecule has 1 aliphatic carbocycles. The minimum atomic E-state index is -4.41. The lowest BCUT2D eigenvalue weighted by molar-refractivity contribution is -0.135. The van der Waals surface area contributed by atoms with Gasteiger partial charge in [0.05, 0.1) is 23.4 Å². The fraction of sp³-hybridized carbons (Fsp3) is 0.381. The first-order valence-electron chi connectivity index (χ1n) is 9.66. The Balaban J connectivity index is 1.94. The van der Waals surface area contributed by atoms with Gasteiger partial charge in [0.2, 0.25) is 5.91 Å². The third-order valence-electron chi connectivity index (χ3n) is 4.97. The number of benzene rings is 1. The summed E-state index contributed by atoms with van der Waals surface area (Å²) in [5.74, 6) is -1.59. The molecule has 0 spiro atoms. The molecule has 1 aliphatic rings. The zero-order valence-corrected chi connectivity index (χ0v) is 16.7. The number of carbonyl (C=O) groups is 1. The molecule has 0 radical (unpaired) electrons.